The molecule has 0 aliphatic heterocycles. The Morgan fingerprint density at radius 3 is 2.14 bits per heavy atom. The van der Waals surface area contributed by atoms with Crippen molar-refractivity contribution in [1.29, 1.82) is 0 Å². The van der Waals surface area contributed by atoms with Gasteiger partial charge in [0.25, 0.3) is 0 Å². The summed E-state index contributed by atoms with van der Waals surface area (Å²) in [4.78, 5) is 0. The number of halogens is 3. The molecular formula is C19H15F3. The minimum atomic E-state index is -0.435. The summed E-state index contributed by atoms with van der Waals surface area (Å²) in [6.45, 7) is 1.88. The summed E-state index contributed by atoms with van der Waals surface area (Å²) in [6, 6.07) is 10.3. The van der Waals surface area contributed by atoms with Crippen LogP contribution in [0.1, 0.15) is 25.3 Å². The molecule has 0 N–H and O–H groups in total. The van der Waals surface area contributed by atoms with Gasteiger partial charge in [-0.25, -0.2) is 13.2 Å². The van der Waals surface area contributed by atoms with Crippen molar-refractivity contribution < 1.29 is 13.2 Å². The van der Waals surface area contributed by atoms with Crippen LogP contribution in [0.15, 0.2) is 59.9 Å². The van der Waals surface area contributed by atoms with Crippen LogP contribution in [0, 0.1) is 11.6 Å². The first kappa shape index (κ1) is 14.6. The topological polar surface area (TPSA) is 0 Å². The molecule has 0 unspecified atom stereocenters. The monoisotopic (exact) mass is 300 g/mol. The third kappa shape index (κ3) is 2.84. The highest BCUT2D eigenvalue weighted by Crippen LogP contribution is 2.34. The van der Waals surface area contributed by atoms with Crippen molar-refractivity contribution in [1.82, 2.24) is 0 Å². The van der Waals surface area contributed by atoms with Gasteiger partial charge in [-0.15, -0.1) is 0 Å². The molecule has 3 rings (SSSR count). The normalized spacial score (nSPS) is 15.0. The van der Waals surface area contributed by atoms with Crippen molar-refractivity contribution in [3.05, 3.63) is 77.1 Å². The predicted molar refractivity (Wildman–Crippen MR) is 82.8 cm³/mol. The zero-order chi connectivity index (χ0) is 15.7. The molecule has 0 bridgehead atoms. The maximum absolute atomic E-state index is 14.3. The summed E-state index contributed by atoms with van der Waals surface area (Å²) >= 11 is 0. The summed E-state index contributed by atoms with van der Waals surface area (Å²) < 4.78 is 41.3. The Morgan fingerprint density at radius 1 is 0.818 bits per heavy atom. The van der Waals surface area contributed by atoms with E-state index in [1.807, 2.05) is 6.92 Å². The second-order valence-electron chi connectivity index (χ2n) is 5.52. The van der Waals surface area contributed by atoms with Gasteiger partial charge in [0.15, 0.2) is 0 Å². The van der Waals surface area contributed by atoms with Gasteiger partial charge >= 0.3 is 0 Å². The van der Waals surface area contributed by atoms with Crippen LogP contribution in [-0.2, 0) is 0 Å². The van der Waals surface area contributed by atoms with E-state index in [1.54, 1.807) is 12.1 Å². The average molecular weight is 300 g/mol. The largest absolute Gasteiger partial charge is 0.207 e. The van der Waals surface area contributed by atoms with Crippen LogP contribution in [0.2, 0.25) is 0 Å². The number of allylic oxidation sites excluding steroid dienone is 4. The Balaban J connectivity index is 2.00. The Kier molecular flexibility index (Phi) is 3.88. The lowest BCUT2D eigenvalue weighted by atomic mass is 9.92. The van der Waals surface area contributed by atoms with Gasteiger partial charge in [0.2, 0.25) is 0 Å². The third-order valence-corrected chi connectivity index (χ3v) is 3.90. The quantitative estimate of drug-likeness (QED) is 0.633. The summed E-state index contributed by atoms with van der Waals surface area (Å²) in [5, 5.41) is 0. The summed E-state index contributed by atoms with van der Waals surface area (Å²) in [6.07, 6.45) is 2.86. The van der Waals surface area contributed by atoms with Crippen molar-refractivity contribution in [3.63, 3.8) is 0 Å². The maximum atomic E-state index is 14.3. The highest BCUT2D eigenvalue weighted by Gasteiger charge is 2.15. The standard InChI is InChI=1S/C19H15F3/c1-12-2-8-17(18(21)10-12)14-5-9-16(19(22)11-14)13-3-6-15(20)7-4-13/h3-7,9-11H,2,8H2,1H3. The molecule has 112 valence electrons. The first-order valence-electron chi connectivity index (χ1n) is 7.16. The third-order valence-electron chi connectivity index (χ3n) is 3.90. The summed E-state index contributed by atoms with van der Waals surface area (Å²) in [7, 11) is 0. The van der Waals surface area contributed by atoms with Crippen molar-refractivity contribution in [2.75, 3.05) is 0 Å². The molecule has 0 heterocycles. The van der Waals surface area contributed by atoms with Crippen molar-refractivity contribution in [3.8, 4) is 11.1 Å². The molecule has 0 aromatic heterocycles. The van der Waals surface area contributed by atoms with Gasteiger partial charge in [-0.2, -0.15) is 0 Å². The molecule has 22 heavy (non-hydrogen) atoms. The van der Waals surface area contributed by atoms with Gasteiger partial charge < -0.3 is 0 Å². The van der Waals surface area contributed by atoms with E-state index in [1.165, 1.54) is 36.4 Å². The van der Waals surface area contributed by atoms with E-state index >= 15 is 0 Å². The van der Waals surface area contributed by atoms with Gasteiger partial charge in [-0.1, -0.05) is 29.8 Å². The van der Waals surface area contributed by atoms with Gasteiger partial charge in [0, 0.05) is 5.56 Å². The van der Waals surface area contributed by atoms with Crippen molar-refractivity contribution in [2.24, 2.45) is 0 Å². The lowest BCUT2D eigenvalue weighted by molar-refractivity contribution is 0.625. The average Bonchev–Trinajstić information content (AvgIpc) is 2.48. The molecule has 0 atom stereocenters. The molecule has 0 radical (unpaired) electrons. The molecule has 3 heteroatoms. The lowest BCUT2D eigenvalue weighted by Gasteiger charge is -2.15. The first-order valence-corrected chi connectivity index (χ1v) is 7.16. The molecule has 0 saturated heterocycles. The molecule has 0 nitrogen and oxygen atoms in total. The van der Waals surface area contributed by atoms with E-state index in [0.29, 0.717) is 28.7 Å². The fourth-order valence-electron chi connectivity index (χ4n) is 2.67. The Labute approximate surface area is 127 Å². The molecular weight excluding hydrogens is 285 g/mol. The van der Waals surface area contributed by atoms with E-state index < -0.39 is 5.82 Å². The van der Waals surface area contributed by atoms with Crippen LogP contribution in [0.4, 0.5) is 13.2 Å². The molecule has 0 amide bonds. The molecule has 2 aromatic carbocycles. The summed E-state index contributed by atoms with van der Waals surface area (Å²) in [5.74, 6) is -1.09. The highest BCUT2D eigenvalue weighted by atomic mass is 19.1. The number of rotatable bonds is 2. The predicted octanol–water partition coefficient (Wildman–Crippen LogP) is 6.05. The second-order valence-corrected chi connectivity index (χ2v) is 5.52. The molecule has 0 saturated carbocycles. The van der Waals surface area contributed by atoms with Gasteiger partial charge in [-0.3, -0.25) is 0 Å². The number of hydrogen-bond acceptors (Lipinski definition) is 0. The molecule has 2 aromatic rings. The van der Waals surface area contributed by atoms with Gasteiger partial charge in [0.1, 0.15) is 17.5 Å². The van der Waals surface area contributed by atoms with E-state index in [9.17, 15) is 13.2 Å². The van der Waals surface area contributed by atoms with E-state index in [4.69, 9.17) is 0 Å². The van der Waals surface area contributed by atoms with Crippen molar-refractivity contribution >= 4 is 5.57 Å². The fraction of sp³-hybridized carbons (Fsp3) is 0.158. The number of benzene rings is 2. The summed E-state index contributed by atoms with van der Waals surface area (Å²) in [5.41, 5.74) is 3.07. The lowest BCUT2D eigenvalue weighted by Crippen LogP contribution is -1.96. The SMILES string of the molecule is CC1=CC(F)=C(c2ccc(-c3ccc(F)cc3)c(F)c2)CC1. The highest BCUT2D eigenvalue weighted by molar-refractivity contribution is 5.74. The minimum Gasteiger partial charge on any atom is -0.207 e. The second kappa shape index (κ2) is 5.84. The van der Waals surface area contributed by atoms with Crippen molar-refractivity contribution in [2.45, 2.75) is 19.8 Å². The van der Waals surface area contributed by atoms with Gasteiger partial charge in [0.05, 0.1) is 0 Å². The van der Waals surface area contributed by atoms with E-state index in [0.717, 1.165) is 12.0 Å². The van der Waals surface area contributed by atoms with Crippen LogP contribution in [0.25, 0.3) is 16.7 Å². The Bertz CT molecular complexity index is 768. The smallest absolute Gasteiger partial charge is 0.131 e. The van der Waals surface area contributed by atoms with Crippen LogP contribution >= 0.6 is 0 Å². The molecule has 0 spiro atoms. The Morgan fingerprint density at radius 2 is 1.50 bits per heavy atom. The van der Waals surface area contributed by atoms with Gasteiger partial charge in [-0.05, 0) is 60.7 Å². The minimum absolute atomic E-state index is 0.294. The van der Waals surface area contributed by atoms with Crippen LogP contribution in [-0.4, -0.2) is 0 Å². The van der Waals surface area contributed by atoms with E-state index in [2.05, 4.69) is 0 Å². The molecule has 1 aliphatic rings. The van der Waals surface area contributed by atoms with E-state index in [-0.39, 0.29) is 11.6 Å². The van der Waals surface area contributed by atoms with Crippen LogP contribution < -0.4 is 0 Å². The molecule has 0 fully saturated rings. The zero-order valence-corrected chi connectivity index (χ0v) is 12.2. The zero-order valence-electron chi connectivity index (χ0n) is 12.2. The first-order chi connectivity index (χ1) is 10.5. The van der Waals surface area contributed by atoms with Crippen LogP contribution in [0.5, 0.6) is 0 Å². The fourth-order valence-corrected chi connectivity index (χ4v) is 2.67. The Hall–Kier alpha value is -2.29. The number of hydrogen-bond donors (Lipinski definition) is 0. The van der Waals surface area contributed by atoms with Crippen LogP contribution in [0.3, 0.4) is 0 Å². The molecule has 1 aliphatic carbocycles. The maximum Gasteiger partial charge on any atom is 0.131 e.